The van der Waals surface area contributed by atoms with E-state index in [2.05, 4.69) is 51.0 Å². The van der Waals surface area contributed by atoms with Gasteiger partial charge in [0.1, 0.15) is 0 Å². The van der Waals surface area contributed by atoms with Crippen molar-refractivity contribution in [1.82, 2.24) is 20.5 Å². The summed E-state index contributed by atoms with van der Waals surface area (Å²) in [4.78, 5) is 18.4. The fraction of sp³-hybridized carbons (Fsp3) is 0.222. The predicted octanol–water partition coefficient (Wildman–Crippen LogP) is 4.90. The van der Waals surface area contributed by atoms with Crippen molar-refractivity contribution in [2.45, 2.75) is 12.0 Å². The number of fused-ring (bicyclic) bond motifs is 1. The normalized spacial score (nSPS) is 13.1. The number of aromatic nitrogens is 1. The Balaban J connectivity index is 1.52. The molecule has 0 aliphatic carbocycles. The van der Waals surface area contributed by atoms with Gasteiger partial charge in [0.2, 0.25) is 0 Å². The number of H-pyrrole nitrogens is 1. The summed E-state index contributed by atoms with van der Waals surface area (Å²) in [5.74, 6) is 0.0436. The molecule has 0 aliphatic heterocycles. The number of nitrogens with zero attached hydrogens (tertiary/aromatic N) is 1. The molecule has 0 bridgehead atoms. The van der Waals surface area contributed by atoms with E-state index in [9.17, 15) is 4.79 Å². The number of amides is 2. The first-order valence-corrected chi connectivity index (χ1v) is 11.0. The maximum Gasteiger partial charge on any atom is 0.315 e. The Hall–Kier alpha value is -3.57. The third kappa shape index (κ3) is 5.18. The van der Waals surface area contributed by atoms with Crippen LogP contribution in [0.2, 0.25) is 0 Å². The zero-order valence-corrected chi connectivity index (χ0v) is 18.6. The molecule has 2 amide bonds. The van der Waals surface area contributed by atoms with Crippen LogP contribution in [0, 0.1) is 0 Å². The second-order valence-corrected chi connectivity index (χ2v) is 8.33. The molecule has 2 unspecified atom stereocenters. The minimum absolute atomic E-state index is 0.0436. The zero-order valence-electron chi connectivity index (χ0n) is 18.6. The van der Waals surface area contributed by atoms with Gasteiger partial charge in [-0.15, -0.1) is 0 Å². The molecule has 0 saturated heterocycles. The fourth-order valence-corrected chi connectivity index (χ4v) is 4.16. The van der Waals surface area contributed by atoms with Gasteiger partial charge in [-0.25, -0.2) is 4.79 Å². The van der Waals surface area contributed by atoms with E-state index in [1.807, 2.05) is 74.8 Å². The van der Waals surface area contributed by atoms with E-state index in [0.29, 0.717) is 6.54 Å². The van der Waals surface area contributed by atoms with Gasteiger partial charge in [0, 0.05) is 36.1 Å². The van der Waals surface area contributed by atoms with E-state index in [1.54, 1.807) is 0 Å². The number of hydrogen-bond acceptors (Lipinski definition) is 2. The quantitative estimate of drug-likeness (QED) is 0.375. The molecule has 1 aromatic heterocycles. The van der Waals surface area contributed by atoms with Crippen LogP contribution in [0.15, 0.2) is 91.1 Å². The molecule has 0 fully saturated rings. The molecule has 5 heteroatoms. The van der Waals surface area contributed by atoms with E-state index in [4.69, 9.17) is 0 Å². The third-order valence-electron chi connectivity index (χ3n) is 5.72. The number of aromatic amines is 1. The number of nitrogens with one attached hydrogen (secondary N) is 3. The van der Waals surface area contributed by atoms with Crippen molar-refractivity contribution in [2.24, 2.45) is 0 Å². The predicted molar refractivity (Wildman–Crippen MR) is 131 cm³/mol. The zero-order chi connectivity index (χ0) is 22.3. The number of rotatable bonds is 8. The van der Waals surface area contributed by atoms with Crippen LogP contribution in [0.25, 0.3) is 10.9 Å². The lowest BCUT2D eigenvalue weighted by Crippen LogP contribution is -2.42. The highest BCUT2D eigenvalue weighted by Crippen LogP contribution is 2.30. The van der Waals surface area contributed by atoms with Gasteiger partial charge in [-0.1, -0.05) is 78.9 Å². The first-order chi connectivity index (χ1) is 15.6. The molecule has 3 aromatic carbocycles. The van der Waals surface area contributed by atoms with Gasteiger partial charge in [0.05, 0.1) is 6.04 Å². The maximum absolute atomic E-state index is 12.9. The van der Waals surface area contributed by atoms with Crippen molar-refractivity contribution < 1.29 is 4.79 Å². The summed E-state index contributed by atoms with van der Waals surface area (Å²) in [6, 6.07) is 28.4. The van der Waals surface area contributed by atoms with E-state index in [1.165, 1.54) is 16.5 Å². The maximum atomic E-state index is 12.9. The van der Waals surface area contributed by atoms with Crippen molar-refractivity contribution in [2.75, 3.05) is 27.2 Å². The van der Waals surface area contributed by atoms with Gasteiger partial charge in [-0.05, 0) is 36.9 Å². The standard InChI is InChI=1S/C27H30N4O/c1-31(2)19-26(21-13-7-4-8-14-21)30-27(32)29-17-23(20-11-5-3-6-12-20)24-18-28-25-16-10-9-15-22(24)25/h3-16,18,23,26,28H,17,19H2,1-2H3,(H2,29,30,32). The summed E-state index contributed by atoms with van der Waals surface area (Å²) in [7, 11) is 4.02. The van der Waals surface area contributed by atoms with Crippen LogP contribution in [0.1, 0.15) is 28.7 Å². The molecule has 0 saturated carbocycles. The number of carbonyl (C=O) groups is 1. The Bertz CT molecular complexity index is 1140. The lowest BCUT2D eigenvalue weighted by atomic mass is 9.91. The number of para-hydroxylation sites is 1. The highest BCUT2D eigenvalue weighted by atomic mass is 16.2. The van der Waals surface area contributed by atoms with E-state index in [0.717, 1.165) is 17.6 Å². The molecular formula is C27H30N4O. The van der Waals surface area contributed by atoms with E-state index < -0.39 is 0 Å². The molecule has 0 aliphatic rings. The molecule has 164 valence electrons. The van der Waals surface area contributed by atoms with Gasteiger partial charge in [0.15, 0.2) is 0 Å². The van der Waals surface area contributed by atoms with Crippen LogP contribution in [0.5, 0.6) is 0 Å². The van der Waals surface area contributed by atoms with Gasteiger partial charge in [-0.2, -0.15) is 0 Å². The van der Waals surface area contributed by atoms with Crippen LogP contribution in [-0.2, 0) is 0 Å². The second kappa shape index (κ2) is 10.2. The van der Waals surface area contributed by atoms with Crippen molar-refractivity contribution in [3.05, 3.63) is 108 Å². The number of likely N-dealkylation sites (N-methyl/N-ethyl adjacent to an activating group) is 1. The van der Waals surface area contributed by atoms with Crippen molar-refractivity contribution in [3.8, 4) is 0 Å². The molecule has 0 radical (unpaired) electrons. The van der Waals surface area contributed by atoms with Crippen molar-refractivity contribution in [1.29, 1.82) is 0 Å². The summed E-state index contributed by atoms with van der Waals surface area (Å²) in [5, 5.41) is 7.46. The van der Waals surface area contributed by atoms with Crippen LogP contribution >= 0.6 is 0 Å². The first kappa shape index (κ1) is 21.7. The van der Waals surface area contributed by atoms with Crippen molar-refractivity contribution in [3.63, 3.8) is 0 Å². The monoisotopic (exact) mass is 426 g/mol. The second-order valence-electron chi connectivity index (χ2n) is 8.33. The Kier molecular flexibility index (Phi) is 6.87. The Morgan fingerprint density at radius 2 is 1.50 bits per heavy atom. The van der Waals surface area contributed by atoms with Gasteiger partial charge in [0.25, 0.3) is 0 Å². The van der Waals surface area contributed by atoms with Crippen LogP contribution in [-0.4, -0.2) is 43.1 Å². The average Bonchev–Trinajstić information content (AvgIpc) is 3.24. The molecule has 3 N–H and O–H groups in total. The SMILES string of the molecule is CN(C)CC(NC(=O)NCC(c1ccccc1)c1c[nH]c2ccccc12)c1ccccc1. The lowest BCUT2D eigenvalue weighted by molar-refractivity contribution is 0.232. The third-order valence-corrected chi connectivity index (χ3v) is 5.72. The highest BCUT2D eigenvalue weighted by Gasteiger charge is 2.20. The highest BCUT2D eigenvalue weighted by molar-refractivity contribution is 5.84. The molecule has 32 heavy (non-hydrogen) atoms. The fourth-order valence-electron chi connectivity index (χ4n) is 4.16. The molecule has 4 aromatic rings. The number of benzene rings is 3. The largest absolute Gasteiger partial charge is 0.361 e. The van der Waals surface area contributed by atoms with Crippen LogP contribution in [0.3, 0.4) is 0 Å². The molecule has 4 rings (SSSR count). The number of carbonyl (C=O) groups excluding carboxylic acids is 1. The minimum Gasteiger partial charge on any atom is -0.361 e. The lowest BCUT2D eigenvalue weighted by Gasteiger charge is -2.24. The van der Waals surface area contributed by atoms with Crippen LogP contribution < -0.4 is 10.6 Å². The van der Waals surface area contributed by atoms with Crippen LogP contribution in [0.4, 0.5) is 4.79 Å². The summed E-state index contributed by atoms with van der Waals surface area (Å²) in [6.07, 6.45) is 2.06. The molecule has 0 spiro atoms. The molecular weight excluding hydrogens is 396 g/mol. The first-order valence-electron chi connectivity index (χ1n) is 11.0. The van der Waals surface area contributed by atoms with E-state index >= 15 is 0 Å². The van der Waals surface area contributed by atoms with Gasteiger partial charge < -0.3 is 20.5 Å². The summed E-state index contributed by atoms with van der Waals surface area (Å²) >= 11 is 0. The Labute approximate surface area is 189 Å². The average molecular weight is 427 g/mol. The molecule has 5 nitrogen and oxygen atoms in total. The smallest absolute Gasteiger partial charge is 0.315 e. The minimum atomic E-state index is -0.165. The number of hydrogen-bond donors (Lipinski definition) is 3. The van der Waals surface area contributed by atoms with Gasteiger partial charge in [-0.3, -0.25) is 0 Å². The van der Waals surface area contributed by atoms with Gasteiger partial charge >= 0.3 is 6.03 Å². The Morgan fingerprint density at radius 3 is 2.19 bits per heavy atom. The Morgan fingerprint density at radius 1 is 0.875 bits per heavy atom. The molecule has 2 atom stereocenters. The number of urea groups is 1. The topological polar surface area (TPSA) is 60.2 Å². The van der Waals surface area contributed by atoms with Crippen molar-refractivity contribution >= 4 is 16.9 Å². The summed E-state index contributed by atoms with van der Waals surface area (Å²) < 4.78 is 0. The summed E-state index contributed by atoms with van der Waals surface area (Å²) in [5.41, 5.74) is 4.54. The molecule has 1 heterocycles. The van der Waals surface area contributed by atoms with E-state index in [-0.39, 0.29) is 18.0 Å². The summed E-state index contributed by atoms with van der Waals surface area (Å²) in [6.45, 7) is 1.23.